The molecule has 0 bridgehead atoms. The number of hydrogen-bond donors (Lipinski definition) is 1. The van der Waals surface area contributed by atoms with Crippen LogP contribution in [0, 0.1) is 12.8 Å². The Bertz CT molecular complexity index is 1020. The van der Waals surface area contributed by atoms with E-state index in [0.29, 0.717) is 31.2 Å². The number of para-hydroxylation sites is 1. The van der Waals surface area contributed by atoms with Gasteiger partial charge in [0.1, 0.15) is 0 Å². The summed E-state index contributed by atoms with van der Waals surface area (Å²) in [5, 5.41) is 7.74. The van der Waals surface area contributed by atoms with E-state index in [-0.39, 0.29) is 5.91 Å². The van der Waals surface area contributed by atoms with Crippen LogP contribution < -0.4 is 5.32 Å². The molecule has 1 aromatic heterocycles. The van der Waals surface area contributed by atoms with Crippen molar-refractivity contribution in [3.8, 4) is 5.69 Å². The number of piperidine rings is 1. The van der Waals surface area contributed by atoms with Gasteiger partial charge in [-0.05, 0) is 56.6 Å². The second kappa shape index (κ2) is 7.91. The Kier molecular flexibility index (Phi) is 5.48. The van der Waals surface area contributed by atoms with Gasteiger partial charge in [-0.1, -0.05) is 18.2 Å². The number of aromatic nitrogens is 2. The zero-order valence-electron chi connectivity index (χ0n) is 17.0. The van der Waals surface area contributed by atoms with Crippen molar-refractivity contribution in [3.05, 3.63) is 46.8 Å². The average Bonchev–Trinajstić information content (AvgIpc) is 3.29. The van der Waals surface area contributed by atoms with Crippen LogP contribution in [0.15, 0.2) is 24.3 Å². The first kappa shape index (κ1) is 20.1. The van der Waals surface area contributed by atoms with Gasteiger partial charge in [0.25, 0.3) is 5.91 Å². The van der Waals surface area contributed by atoms with Gasteiger partial charge in [-0.25, -0.2) is 17.4 Å². The third-order valence-electron chi connectivity index (χ3n) is 6.08. The molecule has 8 heteroatoms. The Morgan fingerprint density at radius 1 is 1.21 bits per heavy atom. The van der Waals surface area contributed by atoms with E-state index in [2.05, 4.69) is 23.4 Å². The second-order valence-corrected chi connectivity index (χ2v) is 10.1. The zero-order valence-corrected chi connectivity index (χ0v) is 17.8. The van der Waals surface area contributed by atoms with Gasteiger partial charge in [-0.3, -0.25) is 4.79 Å². The summed E-state index contributed by atoms with van der Waals surface area (Å²) in [6.07, 6.45) is 5.65. The highest BCUT2D eigenvalue weighted by molar-refractivity contribution is 7.88. The van der Waals surface area contributed by atoms with E-state index in [1.165, 1.54) is 10.6 Å². The van der Waals surface area contributed by atoms with E-state index >= 15 is 0 Å². The summed E-state index contributed by atoms with van der Waals surface area (Å²) in [7, 11) is -3.12. The van der Waals surface area contributed by atoms with Crippen LogP contribution in [-0.2, 0) is 22.9 Å². The third kappa shape index (κ3) is 4.09. The number of carbonyl (C=O) groups is 1. The van der Waals surface area contributed by atoms with Crippen molar-refractivity contribution >= 4 is 15.9 Å². The standard InChI is InChI=1S/C21H28N4O3S/c1-15-6-3-4-8-18(15)25-19-9-5-7-17(19)20(23-25)21(26)22-14-16-10-12-24(13-11-16)29(2,27)28/h3-4,6,8,16H,5,7,9-14H2,1-2H3,(H,22,26). The van der Waals surface area contributed by atoms with Crippen molar-refractivity contribution in [2.24, 2.45) is 5.92 Å². The SMILES string of the molecule is Cc1ccccc1-n1nc(C(=O)NCC2CCN(S(C)(=O)=O)CC2)c2c1CCC2. The topological polar surface area (TPSA) is 84.3 Å². The van der Waals surface area contributed by atoms with Crippen molar-refractivity contribution in [2.45, 2.75) is 39.0 Å². The molecule has 1 N–H and O–H groups in total. The molecule has 1 amide bonds. The second-order valence-electron chi connectivity index (χ2n) is 8.14. The first-order chi connectivity index (χ1) is 13.8. The fourth-order valence-electron chi connectivity index (χ4n) is 4.39. The van der Waals surface area contributed by atoms with Crippen LogP contribution in [0.25, 0.3) is 5.69 Å². The minimum atomic E-state index is -3.12. The molecule has 29 heavy (non-hydrogen) atoms. The lowest BCUT2D eigenvalue weighted by Gasteiger charge is -2.30. The number of nitrogens with one attached hydrogen (secondary N) is 1. The average molecular weight is 417 g/mol. The molecule has 2 heterocycles. The molecule has 1 aromatic carbocycles. The van der Waals surface area contributed by atoms with E-state index in [4.69, 9.17) is 0 Å². The van der Waals surface area contributed by atoms with Crippen molar-refractivity contribution in [3.63, 3.8) is 0 Å². The first-order valence-electron chi connectivity index (χ1n) is 10.2. The number of sulfonamides is 1. The van der Waals surface area contributed by atoms with Crippen LogP contribution in [0.5, 0.6) is 0 Å². The van der Waals surface area contributed by atoms with Gasteiger partial charge in [-0.2, -0.15) is 5.10 Å². The van der Waals surface area contributed by atoms with E-state index in [9.17, 15) is 13.2 Å². The van der Waals surface area contributed by atoms with Crippen molar-refractivity contribution in [1.82, 2.24) is 19.4 Å². The van der Waals surface area contributed by atoms with Crippen LogP contribution in [0.4, 0.5) is 0 Å². The van der Waals surface area contributed by atoms with Gasteiger partial charge >= 0.3 is 0 Å². The number of aryl methyl sites for hydroxylation is 1. The number of fused-ring (bicyclic) bond motifs is 1. The fourth-order valence-corrected chi connectivity index (χ4v) is 5.26. The third-order valence-corrected chi connectivity index (χ3v) is 7.39. The molecule has 2 aromatic rings. The molecule has 1 aliphatic carbocycles. The van der Waals surface area contributed by atoms with Gasteiger partial charge in [0.2, 0.25) is 10.0 Å². The molecule has 7 nitrogen and oxygen atoms in total. The molecular weight excluding hydrogens is 388 g/mol. The van der Waals surface area contributed by atoms with E-state index in [1.807, 2.05) is 22.9 Å². The number of carbonyl (C=O) groups excluding carboxylic acids is 1. The maximum atomic E-state index is 12.9. The highest BCUT2D eigenvalue weighted by Crippen LogP contribution is 2.29. The van der Waals surface area contributed by atoms with Crippen molar-refractivity contribution in [2.75, 3.05) is 25.9 Å². The summed E-state index contributed by atoms with van der Waals surface area (Å²) in [5.74, 6) is 0.171. The molecule has 1 saturated heterocycles. The molecule has 0 unspecified atom stereocenters. The Labute approximate surface area is 172 Å². The summed E-state index contributed by atoms with van der Waals surface area (Å²) in [6, 6.07) is 8.10. The van der Waals surface area contributed by atoms with E-state index in [0.717, 1.165) is 54.6 Å². The number of rotatable bonds is 5. The quantitative estimate of drug-likeness (QED) is 0.809. The van der Waals surface area contributed by atoms with E-state index in [1.54, 1.807) is 0 Å². The predicted molar refractivity (Wildman–Crippen MR) is 112 cm³/mol. The van der Waals surface area contributed by atoms with Crippen LogP contribution in [0.2, 0.25) is 0 Å². The fraction of sp³-hybridized carbons (Fsp3) is 0.524. The predicted octanol–water partition coefficient (Wildman–Crippen LogP) is 2.07. The molecule has 156 valence electrons. The summed E-state index contributed by atoms with van der Waals surface area (Å²) >= 11 is 0. The molecule has 0 spiro atoms. The van der Waals surface area contributed by atoms with Gasteiger partial charge in [0.05, 0.1) is 11.9 Å². The summed E-state index contributed by atoms with van der Waals surface area (Å²) in [6.45, 7) is 3.66. The highest BCUT2D eigenvalue weighted by Gasteiger charge is 2.29. The number of amides is 1. The number of nitrogens with zero attached hydrogens (tertiary/aromatic N) is 3. The molecule has 4 rings (SSSR count). The summed E-state index contributed by atoms with van der Waals surface area (Å²) in [4.78, 5) is 12.9. The monoisotopic (exact) mass is 416 g/mol. The smallest absolute Gasteiger partial charge is 0.272 e. The Morgan fingerprint density at radius 2 is 1.93 bits per heavy atom. The maximum absolute atomic E-state index is 12.9. The molecule has 0 radical (unpaired) electrons. The first-order valence-corrected chi connectivity index (χ1v) is 12.1. The summed E-state index contributed by atoms with van der Waals surface area (Å²) < 4.78 is 26.7. The van der Waals surface area contributed by atoms with Crippen LogP contribution >= 0.6 is 0 Å². The largest absolute Gasteiger partial charge is 0.350 e. The van der Waals surface area contributed by atoms with Crippen LogP contribution in [0.3, 0.4) is 0 Å². The Morgan fingerprint density at radius 3 is 2.62 bits per heavy atom. The lowest BCUT2D eigenvalue weighted by Crippen LogP contribution is -2.41. The molecule has 2 aliphatic rings. The lowest BCUT2D eigenvalue weighted by atomic mass is 9.98. The van der Waals surface area contributed by atoms with E-state index < -0.39 is 10.0 Å². The molecular formula is C21H28N4O3S. The Hall–Kier alpha value is -2.19. The normalized spacial score (nSPS) is 18.0. The van der Waals surface area contributed by atoms with Crippen molar-refractivity contribution in [1.29, 1.82) is 0 Å². The van der Waals surface area contributed by atoms with Crippen LogP contribution in [-0.4, -0.2) is 54.3 Å². The number of benzene rings is 1. The van der Waals surface area contributed by atoms with Gasteiger partial charge in [0, 0.05) is 30.9 Å². The lowest BCUT2D eigenvalue weighted by molar-refractivity contribution is 0.0935. The molecule has 0 atom stereocenters. The van der Waals surface area contributed by atoms with Crippen molar-refractivity contribution < 1.29 is 13.2 Å². The summed E-state index contributed by atoms with van der Waals surface area (Å²) in [5.41, 5.74) is 4.91. The molecule has 1 aliphatic heterocycles. The Balaban J connectivity index is 1.45. The van der Waals surface area contributed by atoms with Gasteiger partial charge in [-0.15, -0.1) is 0 Å². The minimum absolute atomic E-state index is 0.124. The van der Waals surface area contributed by atoms with Crippen LogP contribution in [0.1, 0.15) is 46.6 Å². The molecule has 1 fully saturated rings. The highest BCUT2D eigenvalue weighted by atomic mass is 32.2. The number of hydrogen-bond acceptors (Lipinski definition) is 4. The zero-order chi connectivity index (χ0) is 20.6. The maximum Gasteiger partial charge on any atom is 0.272 e. The van der Waals surface area contributed by atoms with Gasteiger partial charge in [0.15, 0.2) is 5.69 Å². The minimum Gasteiger partial charge on any atom is -0.350 e. The van der Waals surface area contributed by atoms with Gasteiger partial charge < -0.3 is 5.32 Å². The molecule has 0 saturated carbocycles.